The highest BCUT2D eigenvalue weighted by atomic mass is 27.3. The molecule has 0 unspecified atom stereocenters. The van der Waals surface area contributed by atoms with E-state index >= 15 is 0 Å². The van der Waals surface area contributed by atoms with Crippen molar-refractivity contribution in [2.24, 2.45) is 0 Å². The third kappa shape index (κ3) is 6.99. The van der Waals surface area contributed by atoms with Gasteiger partial charge < -0.3 is 11.4 Å². The van der Waals surface area contributed by atoms with Crippen LogP contribution in [0.15, 0.2) is 12.2 Å². The minimum absolute atomic E-state index is 0.0350. The first kappa shape index (κ1) is 15.7. The summed E-state index contributed by atoms with van der Waals surface area (Å²) in [5.74, 6) is -1.78. The summed E-state index contributed by atoms with van der Waals surface area (Å²) >= 11 is -3.01. The molecule has 1 aliphatic rings. The van der Waals surface area contributed by atoms with Crippen molar-refractivity contribution in [1.29, 1.82) is 0 Å². The normalized spacial score (nSPS) is 15.9. The van der Waals surface area contributed by atoms with Crippen LogP contribution in [0.25, 0.3) is 0 Å². The number of carbonyl (C=O) groups is 3. The topological polar surface area (TPSA) is 78.9 Å². The molecule has 0 saturated carbocycles. The number of hydrogen-bond acceptors (Lipinski definition) is 6. The van der Waals surface area contributed by atoms with E-state index in [-0.39, 0.29) is 12.8 Å². The summed E-state index contributed by atoms with van der Waals surface area (Å²) in [6.45, 7) is 2.10. The summed E-state index contributed by atoms with van der Waals surface area (Å²) in [5.41, 5.74) is 0. The molecule has 0 spiro atoms. The summed E-state index contributed by atoms with van der Waals surface area (Å²) in [6, 6.07) is 0. The van der Waals surface area contributed by atoms with Crippen LogP contribution in [0.5, 0.6) is 0 Å². The monoisotopic (exact) mass is 284 g/mol. The molecule has 0 aromatic rings. The molecule has 1 saturated heterocycles. The van der Waals surface area contributed by atoms with Gasteiger partial charge in [0.15, 0.2) is 0 Å². The van der Waals surface area contributed by atoms with Crippen molar-refractivity contribution >= 4 is 33.1 Å². The van der Waals surface area contributed by atoms with Gasteiger partial charge in [0.2, 0.25) is 0 Å². The Labute approximate surface area is 117 Å². The third-order valence-electron chi connectivity index (χ3n) is 2.43. The molecule has 19 heavy (non-hydrogen) atoms. The van der Waals surface area contributed by atoms with Gasteiger partial charge in [0.1, 0.15) is 0 Å². The van der Waals surface area contributed by atoms with Gasteiger partial charge in [-0.1, -0.05) is 25.8 Å². The van der Waals surface area contributed by atoms with Crippen LogP contribution >= 0.6 is 0 Å². The van der Waals surface area contributed by atoms with Crippen LogP contribution < -0.4 is 0 Å². The summed E-state index contributed by atoms with van der Waals surface area (Å²) in [4.78, 5) is 33.7. The first-order valence-corrected chi connectivity index (χ1v) is 7.79. The number of rotatable bonds is 6. The minimum atomic E-state index is -3.01. The lowest BCUT2D eigenvalue weighted by atomic mass is 10.2. The average Bonchev–Trinajstić information content (AvgIpc) is 2.50. The fourth-order valence-electron chi connectivity index (χ4n) is 1.43. The van der Waals surface area contributed by atoms with E-state index in [0.29, 0.717) is 0 Å². The molecule has 0 atom stereocenters. The zero-order chi connectivity index (χ0) is 14.1. The van der Waals surface area contributed by atoms with Gasteiger partial charge in [-0.2, -0.15) is 0 Å². The van der Waals surface area contributed by atoms with Crippen molar-refractivity contribution in [3.8, 4) is 0 Å². The zero-order valence-corrected chi connectivity index (χ0v) is 12.1. The fourth-order valence-corrected chi connectivity index (χ4v) is 2.51. The van der Waals surface area contributed by atoms with E-state index in [1.54, 1.807) is 6.08 Å². The largest absolute Gasteiger partial charge is 1.20 e. The molecule has 0 aromatic heterocycles. The van der Waals surface area contributed by atoms with Crippen molar-refractivity contribution in [2.75, 3.05) is 0 Å². The highest BCUT2D eigenvalue weighted by Gasteiger charge is 2.50. The number of hydrogen-bond donors (Lipinski definition) is 0. The Balaban J connectivity index is 2.33. The van der Waals surface area contributed by atoms with Gasteiger partial charge >= 0.3 is 15.1 Å². The van der Waals surface area contributed by atoms with Crippen LogP contribution in [-0.4, -0.2) is 33.1 Å². The first-order valence-electron chi connectivity index (χ1n) is 6.38. The predicted octanol–water partition coefficient (Wildman–Crippen LogP) is 1.53. The van der Waals surface area contributed by atoms with Gasteiger partial charge in [-0.3, -0.25) is 14.4 Å². The molecule has 7 heteroatoms. The van der Waals surface area contributed by atoms with Gasteiger partial charge in [0.25, 0.3) is 17.9 Å². The lowest BCUT2D eigenvalue weighted by Gasteiger charge is -2.07. The molecule has 0 aromatic carbocycles. The zero-order valence-electron chi connectivity index (χ0n) is 10.9. The fraction of sp³-hybridized carbons (Fsp3) is 0.583. The second kappa shape index (κ2) is 8.73. The molecule has 0 amide bonds. The van der Waals surface area contributed by atoms with Crippen LogP contribution in [0.1, 0.15) is 45.4 Å². The maximum atomic E-state index is 11.4. The molecule has 1 fully saturated rings. The molecule has 1 aliphatic heterocycles. The maximum absolute atomic E-state index is 11.4. The number of allylic oxidation sites excluding steroid dienone is 1. The highest BCUT2D eigenvalue weighted by molar-refractivity contribution is 6.44. The van der Waals surface area contributed by atoms with E-state index in [0.717, 1.165) is 25.7 Å². The minimum Gasteiger partial charge on any atom is -0.551 e. The Morgan fingerprint density at radius 3 is 2.47 bits per heavy atom. The average molecular weight is 284 g/mol. The summed E-state index contributed by atoms with van der Waals surface area (Å²) in [7, 11) is 0. The highest BCUT2D eigenvalue weighted by Crippen LogP contribution is 2.07. The number of unbranched alkanes of at least 4 members (excludes halogenated alkanes) is 3. The van der Waals surface area contributed by atoms with Crippen molar-refractivity contribution in [3.05, 3.63) is 12.2 Å². The second-order valence-corrected chi connectivity index (χ2v) is 5.39. The Morgan fingerprint density at radius 1 is 1.26 bits per heavy atom. The van der Waals surface area contributed by atoms with Crippen LogP contribution in [-0.2, 0) is 25.7 Å². The standard InChI is InChI=1S/C8H14O2.C4H6O4.Al/c1-2-3-4-5-6-7-8(9)10;5-3(6)1-2-4(7)8;/h6-7H,2-5H2,1H3,(H,9,10);1-2H2,(H,5,6)(H,7,8);/q;;+3/p-3. The smallest absolute Gasteiger partial charge is 0.551 e. The van der Waals surface area contributed by atoms with E-state index in [4.69, 9.17) is 11.4 Å². The molecular formula is C12H17AlO6. The van der Waals surface area contributed by atoms with Crippen LogP contribution in [0.4, 0.5) is 0 Å². The van der Waals surface area contributed by atoms with Gasteiger partial charge in [0.05, 0.1) is 12.8 Å². The van der Waals surface area contributed by atoms with E-state index in [9.17, 15) is 14.4 Å². The lowest BCUT2D eigenvalue weighted by molar-refractivity contribution is -0.141. The van der Waals surface area contributed by atoms with Gasteiger partial charge in [-0.05, 0) is 12.8 Å². The molecular weight excluding hydrogens is 267 g/mol. The van der Waals surface area contributed by atoms with Crippen molar-refractivity contribution in [3.63, 3.8) is 0 Å². The molecule has 0 radical (unpaired) electrons. The van der Waals surface area contributed by atoms with Crippen LogP contribution in [0.2, 0.25) is 0 Å². The quantitative estimate of drug-likeness (QED) is 0.418. The van der Waals surface area contributed by atoms with Crippen molar-refractivity contribution in [1.82, 2.24) is 0 Å². The van der Waals surface area contributed by atoms with Crippen molar-refractivity contribution < 1.29 is 25.7 Å². The van der Waals surface area contributed by atoms with Crippen molar-refractivity contribution in [2.45, 2.75) is 45.4 Å². The predicted molar refractivity (Wildman–Crippen MR) is 66.5 cm³/mol. The molecule has 0 N–H and O–H groups in total. The number of carbonyl (C=O) groups excluding carboxylic acids is 3. The Bertz CT molecular complexity index is 347. The molecule has 0 aliphatic carbocycles. The van der Waals surface area contributed by atoms with E-state index in [1.165, 1.54) is 6.08 Å². The molecule has 6 nitrogen and oxygen atoms in total. The van der Waals surface area contributed by atoms with Gasteiger partial charge in [0, 0.05) is 6.08 Å². The SMILES string of the molecule is CCCCCC=CC(=O)[O][Al]1[O]C(=O)CCC(=O)[O]1. The maximum Gasteiger partial charge on any atom is 1.20 e. The van der Waals surface area contributed by atoms with E-state index in [1.807, 2.05) is 0 Å². The Kier molecular flexibility index (Phi) is 7.23. The second-order valence-electron chi connectivity index (χ2n) is 4.10. The molecule has 1 rings (SSSR count). The molecule has 1 heterocycles. The van der Waals surface area contributed by atoms with Crippen LogP contribution in [0, 0.1) is 0 Å². The lowest BCUT2D eigenvalue weighted by Crippen LogP contribution is -2.31. The molecule has 0 bridgehead atoms. The van der Waals surface area contributed by atoms with Crippen LogP contribution in [0.3, 0.4) is 0 Å². The summed E-state index contributed by atoms with van der Waals surface area (Å²) in [6.07, 6.45) is 6.91. The van der Waals surface area contributed by atoms with E-state index < -0.39 is 33.1 Å². The Morgan fingerprint density at radius 2 is 1.89 bits per heavy atom. The Hall–Kier alpha value is -1.32. The summed E-state index contributed by atoms with van der Waals surface area (Å²) in [5, 5.41) is 0. The molecule has 104 valence electrons. The first-order chi connectivity index (χ1) is 9.11. The summed E-state index contributed by atoms with van der Waals surface area (Å²) < 4.78 is 14.4. The van der Waals surface area contributed by atoms with Gasteiger partial charge in [-0.15, -0.1) is 0 Å². The van der Waals surface area contributed by atoms with Gasteiger partial charge in [-0.25, -0.2) is 0 Å². The third-order valence-corrected chi connectivity index (χ3v) is 3.76. The van der Waals surface area contributed by atoms with E-state index in [2.05, 4.69) is 6.92 Å².